The van der Waals surface area contributed by atoms with Crippen molar-refractivity contribution in [1.29, 1.82) is 0 Å². The highest BCUT2D eigenvalue weighted by Crippen LogP contribution is 2.29. The summed E-state index contributed by atoms with van der Waals surface area (Å²) in [6, 6.07) is 7.25. The van der Waals surface area contributed by atoms with Crippen molar-refractivity contribution in [2.45, 2.75) is 0 Å². The molecule has 0 fully saturated rings. The summed E-state index contributed by atoms with van der Waals surface area (Å²) >= 11 is 23.2. The van der Waals surface area contributed by atoms with Gasteiger partial charge in [0.15, 0.2) is 0 Å². The number of nitrogens with zero attached hydrogens (tertiary/aromatic N) is 1. The minimum absolute atomic E-state index is 0.0851. The molecule has 2 N–H and O–H groups in total. The topological polar surface area (TPSA) is 61.7 Å². The first kappa shape index (κ1) is 16.9. The van der Waals surface area contributed by atoms with Gasteiger partial charge in [-0.05, 0) is 30.3 Å². The molecule has 1 amide bonds. The fraction of sp³-hybridized carbons (Fsp3) is 0. The van der Waals surface area contributed by atoms with E-state index in [1.807, 2.05) is 0 Å². The molecular formula is C14H8Cl4N2O2. The molecule has 22 heavy (non-hydrogen) atoms. The molecule has 114 valence electrons. The SMILES string of the molecule is O=C(N/N=C/c1cc(Cl)cc(Cl)c1O)c1cc(Cl)cc(Cl)c1. The quantitative estimate of drug-likeness (QED) is 0.597. The number of hydrazone groups is 1. The molecule has 0 spiro atoms. The zero-order chi connectivity index (χ0) is 16.3. The summed E-state index contributed by atoms with van der Waals surface area (Å²) < 4.78 is 0. The predicted molar refractivity (Wildman–Crippen MR) is 89.6 cm³/mol. The third-order valence-corrected chi connectivity index (χ3v) is 3.49. The monoisotopic (exact) mass is 376 g/mol. The lowest BCUT2D eigenvalue weighted by atomic mass is 10.2. The number of carbonyl (C=O) groups is 1. The van der Waals surface area contributed by atoms with Crippen LogP contribution < -0.4 is 5.43 Å². The maximum absolute atomic E-state index is 11.9. The van der Waals surface area contributed by atoms with Gasteiger partial charge < -0.3 is 5.11 Å². The van der Waals surface area contributed by atoms with Crippen LogP contribution in [-0.4, -0.2) is 17.2 Å². The van der Waals surface area contributed by atoms with Crippen molar-refractivity contribution in [1.82, 2.24) is 5.43 Å². The summed E-state index contributed by atoms with van der Waals surface area (Å²) in [7, 11) is 0. The average molecular weight is 378 g/mol. The minimum Gasteiger partial charge on any atom is -0.506 e. The molecule has 0 radical (unpaired) electrons. The van der Waals surface area contributed by atoms with Crippen molar-refractivity contribution in [2.75, 3.05) is 0 Å². The molecule has 2 aromatic rings. The van der Waals surface area contributed by atoms with Gasteiger partial charge in [-0.25, -0.2) is 5.43 Å². The largest absolute Gasteiger partial charge is 0.506 e. The summed E-state index contributed by atoms with van der Waals surface area (Å²) in [5.41, 5.74) is 2.80. The van der Waals surface area contributed by atoms with E-state index in [9.17, 15) is 9.90 Å². The Kier molecular flexibility index (Phi) is 5.53. The lowest BCUT2D eigenvalue weighted by Gasteiger charge is -2.03. The van der Waals surface area contributed by atoms with Gasteiger partial charge >= 0.3 is 0 Å². The molecule has 2 aromatic carbocycles. The van der Waals surface area contributed by atoms with Crippen LogP contribution in [0.15, 0.2) is 35.4 Å². The smallest absolute Gasteiger partial charge is 0.271 e. The zero-order valence-corrected chi connectivity index (χ0v) is 13.8. The first-order valence-electron chi connectivity index (χ1n) is 5.84. The van der Waals surface area contributed by atoms with Gasteiger partial charge in [-0.15, -0.1) is 0 Å². The molecule has 2 rings (SSSR count). The molecular weight excluding hydrogens is 370 g/mol. The summed E-state index contributed by atoms with van der Waals surface area (Å²) in [6.07, 6.45) is 1.22. The lowest BCUT2D eigenvalue weighted by molar-refractivity contribution is 0.0955. The standard InChI is InChI=1S/C14H8Cl4N2O2/c15-9-1-7(2-10(16)4-9)14(22)20-19-6-8-3-11(17)5-12(18)13(8)21/h1-6,21H,(H,20,22)/b19-6+. The fourth-order valence-electron chi connectivity index (χ4n) is 1.59. The zero-order valence-electron chi connectivity index (χ0n) is 10.8. The number of benzene rings is 2. The fourth-order valence-corrected chi connectivity index (χ4v) is 2.63. The molecule has 0 saturated carbocycles. The van der Waals surface area contributed by atoms with Crippen LogP contribution in [0.4, 0.5) is 0 Å². The van der Waals surface area contributed by atoms with Gasteiger partial charge in [0.2, 0.25) is 0 Å². The normalized spacial score (nSPS) is 10.9. The van der Waals surface area contributed by atoms with Gasteiger partial charge in [-0.3, -0.25) is 4.79 Å². The maximum atomic E-state index is 11.9. The van der Waals surface area contributed by atoms with Gasteiger partial charge in [0, 0.05) is 26.2 Å². The molecule has 0 saturated heterocycles. The summed E-state index contributed by atoms with van der Waals surface area (Å²) in [5, 5.41) is 14.6. The molecule has 0 aliphatic heterocycles. The Labute approximate surface area is 146 Å². The van der Waals surface area contributed by atoms with E-state index in [0.29, 0.717) is 15.1 Å². The second-order valence-corrected chi connectivity index (χ2v) is 5.90. The summed E-state index contributed by atoms with van der Waals surface area (Å²) in [5.74, 6) is -0.692. The van der Waals surface area contributed by atoms with Crippen LogP contribution in [0.2, 0.25) is 20.1 Å². The van der Waals surface area contributed by atoms with Crippen LogP contribution in [0, 0.1) is 0 Å². The van der Waals surface area contributed by atoms with Crippen LogP contribution in [0.5, 0.6) is 5.75 Å². The Morgan fingerprint density at radius 3 is 2.23 bits per heavy atom. The minimum atomic E-state index is -0.506. The summed E-state index contributed by atoms with van der Waals surface area (Å²) in [6.45, 7) is 0. The number of phenolic OH excluding ortho intramolecular Hbond substituents is 1. The van der Waals surface area contributed by atoms with Crippen LogP contribution >= 0.6 is 46.4 Å². The van der Waals surface area contributed by atoms with Gasteiger partial charge in [-0.1, -0.05) is 46.4 Å². The van der Waals surface area contributed by atoms with E-state index >= 15 is 0 Å². The second kappa shape index (κ2) is 7.20. The van der Waals surface area contributed by atoms with Crippen molar-refractivity contribution in [3.05, 3.63) is 61.5 Å². The van der Waals surface area contributed by atoms with E-state index in [1.165, 1.54) is 36.5 Å². The Morgan fingerprint density at radius 1 is 1.00 bits per heavy atom. The Morgan fingerprint density at radius 2 is 1.59 bits per heavy atom. The van der Waals surface area contributed by atoms with E-state index in [-0.39, 0.29) is 21.9 Å². The number of hydrogen-bond acceptors (Lipinski definition) is 3. The molecule has 0 aromatic heterocycles. The number of nitrogens with one attached hydrogen (secondary N) is 1. The first-order valence-corrected chi connectivity index (χ1v) is 7.35. The molecule has 0 bridgehead atoms. The lowest BCUT2D eigenvalue weighted by Crippen LogP contribution is -2.17. The second-order valence-electron chi connectivity index (χ2n) is 4.18. The van der Waals surface area contributed by atoms with Gasteiger partial charge in [0.05, 0.1) is 11.2 Å². The summed E-state index contributed by atoms with van der Waals surface area (Å²) in [4.78, 5) is 11.9. The van der Waals surface area contributed by atoms with Crippen molar-refractivity contribution < 1.29 is 9.90 Å². The highest BCUT2D eigenvalue weighted by Gasteiger charge is 2.08. The van der Waals surface area contributed by atoms with Gasteiger partial charge in [0.25, 0.3) is 5.91 Å². The van der Waals surface area contributed by atoms with Crippen LogP contribution in [-0.2, 0) is 0 Å². The van der Waals surface area contributed by atoms with E-state index < -0.39 is 5.91 Å². The van der Waals surface area contributed by atoms with Crippen molar-refractivity contribution in [3.8, 4) is 5.75 Å². The number of hydrogen-bond donors (Lipinski definition) is 2. The third kappa shape index (κ3) is 4.27. The molecule has 0 aliphatic carbocycles. The number of carbonyl (C=O) groups excluding carboxylic acids is 1. The Hall–Kier alpha value is -1.46. The maximum Gasteiger partial charge on any atom is 0.271 e. The number of phenols is 1. The number of rotatable bonds is 3. The van der Waals surface area contributed by atoms with Crippen LogP contribution in [0.3, 0.4) is 0 Å². The first-order chi connectivity index (χ1) is 10.4. The van der Waals surface area contributed by atoms with E-state index in [1.54, 1.807) is 0 Å². The highest BCUT2D eigenvalue weighted by molar-refractivity contribution is 6.36. The third-order valence-electron chi connectivity index (χ3n) is 2.55. The number of amides is 1. The highest BCUT2D eigenvalue weighted by atomic mass is 35.5. The van der Waals surface area contributed by atoms with Crippen molar-refractivity contribution in [3.63, 3.8) is 0 Å². The molecule has 0 atom stereocenters. The molecule has 0 unspecified atom stereocenters. The number of halogens is 4. The van der Waals surface area contributed by atoms with Crippen LogP contribution in [0.25, 0.3) is 0 Å². The molecule has 0 aliphatic rings. The Bertz CT molecular complexity index is 742. The van der Waals surface area contributed by atoms with E-state index in [0.717, 1.165) is 0 Å². The Balaban J connectivity index is 2.14. The van der Waals surface area contributed by atoms with E-state index in [2.05, 4.69) is 10.5 Å². The van der Waals surface area contributed by atoms with Crippen molar-refractivity contribution in [2.24, 2.45) is 5.10 Å². The van der Waals surface area contributed by atoms with E-state index in [4.69, 9.17) is 46.4 Å². The molecule has 0 heterocycles. The van der Waals surface area contributed by atoms with Gasteiger partial charge in [-0.2, -0.15) is 5.10 Å². The average Bonchev–Trinajstić information content (AvgIpc) is 2.42. The van der Waals surface area contributed by atoms with Crippen LogP contribution in [0.1, 0.15) is 15.9 Å². The molecule has 4 nitrogen and oxygen atoms in total. The molecule has 8 heteroatoms. The predicted octanol–water partition coefficient (Wildman–Crippen LogP) is 4.77. The van der Waals surface area contributed by atoms with Gasteiger partial charge in [0.1, 0.15) is 5.75 Å². The van der Waals surface area contributed by atoms with Crippen molar-refractivity contribution >= 4 is 58.5 Å². The number of aromatic hydroxyl groups is 1.